The number of aryl methyl sites for hydroxylation is 1. The molecule has 0 spiro atoms. The minimum absolute atomic E-state index is 0.0423. The van der Waals surface area contributed by atoms with Crippen molar-refractivity contribution in [3.8, 4) is 0 Å². The number of anilines is 1. The lowest BCUT2D eigenvalue weighted by Crippen LogP contribution is -2.50. The number of halogens is 3. The zero-order valence-corrected chi connectivity index (χ0v) is 19.9. The van der Waals surface area contributed by atoms with Crippen LogP contribution in [0.1, 0.15) is 42.4 Å². The minimum Gasteiger partial charge on any atom is -0.376 e. The van der Waals surface area contributed by atoms with Gasteiger partial charge in [-0.1, -0.05) is 20.8 Å². The normalized spacial score (nSPS) is 18.8. The van der Waals surface area contributed by atoms with Crippen LogP contribution in [-0.4, -0.2) is 62.7 Å². The van der Waals surface area contributed by atoms with E-state index in [9.17, 15) is 26.4 Å². The number of alkyl halides is 3. The van der Waals surface area contributed by atoms with Gasteiger partial charge in [0.1, 0.15) is 12.2 Å². The van der Waals surface area contributed by atoms with Crippen molar-refractivity contribution in [2.75, 3.05) is 36.5 Å². The second-order valence-corrected chi connectivity index (χ2v) is 11.7. The fraction of sp³-hybridized carbons (Fsp3) is 0.545. The number of carbonyl (C=O) groups excluding carboxylic acids is 1. The molecule has 1 unspecified atom stereocenters. The summed E-state index contributed by atoms with van der Waals surface area (Å²) in [5.74, 6) is -0.402. The van der Waals surface area contributed by atoms with Gasteiger partial charge in [-0.2, -0.15) is 13.2 Å². The number of fused-ring (bicyclic) bond motifs is 1. The van der Waals surface area contributed by atoms with E-state index >= 15 is 0 Å². The van der Waals surface area contributed by atoms with E-state index < -0.39 is 33.9 Å². The Morgan fingerprint density at radius 2 is 1.91 bits per heavy atom. The van der Waals surface area contributed by atoms with Crippen molar-refractivity contribution in [1.29, 1.82) is 0 Å². The summed E-state index contributed by atoms with van der Waals surface area (Å²) in [6.45, 7) is 6.88. The van der Waals surface area contributed by atoms with Crippen molar-refractivity contribution < 1.29 is 26.4 Å². The highest BCUT2D eigenvalue weighted by Crippen LogP contribution is 2.34. The van der Waals surface area contributed by atoms with Gasteiger partial charge in [-0.25, -0.2) is 13.4 Å². The Kier molecular flexibility index (Phi) is 6.95. The standard InChI is InChI=1S/C22H29F3N4O3S/c1-13-7-18(20(30)27-10-15-11-33(31,32)6-5-26-15)29-19-16(13)8-14(28-12-22(23,24)25)9-17(19)21(2,3)4/h7-9,15,26,28H,5-6,10-12H2,1-4H3,(H,27,30). The number of amides is 1. The first-order chi connectivity index (χ1) is 15.1. The molecule has 1 amide bonds. The Hall–Kier alpha value is -2.40. The highest BCUT2D eigenvalue weighted by molar-refractivity contribution is 7.91. The van der Waals surface area contributed by atoms with Crippen LogP contribution in [0.4, 0.5) is 18.9 Å². The van der Waals surface area contributed by atoms with Gasteiger partial charge in [-0.15, -0.1) is 0 Å². The minimum atomic E-state index is -4.35. The Labute approximate surface area is 191 Å². The number of nitrogens with zero attached hydrogens (tertiary/aromatic N) is 1. The van der Waals surface area contributed by atoms with Gasteiger partial charge in [0.15, 0.2) is 9.84 Å². The molecule has 3 N–H and O–H groups in total. The Morgan fingerprint density at radius 1 is 1.21 bits per heavy atom. The number of aromatic nitrogens is 1. The Balaban J connectivity index is 1.90. The molecule has 0 bridgehead atoms. The molecule has 1 fully saturated rings. The molecule has 7 nitrogen and oxygen atoms in total. The molecule has 0 radical (unpaired) electrons. The summed E-state index contributed by atoms with van der Waals surface area (Å²) in [6.07, 6.45) is -4.35. The van der Waals surface area contributed by atoms with Gasteiger partial charge in [0.2, 0.25) is 0 Å². The maximum Gasteiger partial charge on any atom is 0.405 e. The summed E-state index contributed by atoms with van der Waals surface area (Å²) < 4.78 is 61.7. The fourth-order valence-electron chi connectivity index (χ4n) is 3.79. The summed E-state index contributed by atoms with van der Waals surface area (Å²) in [6, 6.07) is 4.46. The number of pyridine rings is 1. The van der Waals surface area contributed by atoms with Crippen LogP contribution in [0.5, 0.6) is 0 Å². The number of rotatable bonds is 5. The molecule has 33 heavy (non-hydrogen) atoms. The first kappa shape index (κ1) is 25.2. The van der Waals surface area contributed by atoms with Crippen molar-refractivity contribution in [1.82, 2.24) is 15.6 Å². The Bertz CT molecular complexity index is 1160. The van der Waals surface area contributed by atoms with Crippen molar-refractivity contribution in [2.24, 2.45) is 0 Å². The van der Waals surface area contributed by atoms with Crippen molar-refractivity contribution in [3.63, 3.8) is 0 Å². The lowest BCUT2D eigenvalue weighted by atomic mass is 9.84. The molecule has 0 aliphatic carbocycles. The Morgan fingerprint density at radius 3 is 2.52 bits per heavy atom. The van der Waals surface area contributed by atoms with E-state index in [-0.39, 0.29) is 29.8 Å². The molecule has 1 aliphatic rings. The molecular formula is C22H29F3N4O3S. The third-order valence-electron chi connectivity index (χ3n) is 5.46. The largest absolute Gasteiger partial charge is 0.405 e. The second kappa shape index (κ2) is 9.09. The van der Waals surface area contributed by atoms with Gasteiger partial charge in [-0.05, 0) is 41.7 Å². The topological polar surface area (TPSA) is 100 Å². The van der Waals surface area contributed by atoms with E-state index in [1.54, 1.807) is 25.1 Å². The third-order valence-corrected chi connectivity index (χ3v) is 7.20. The van der Waals surface area contributed by atoms with Crippen LogP contribution in [-0.2, 0) is 15.3 Å². The molecule has 11 heteroatoms. The van der Waals surface area contributed by atoms with Crippen LogP contribution in [0.3, 0.4) is 0 Å². The first-order valence-electron chi connectivity index (χ1n) is 10.6. The molecule has 1 atom stereocenters. The maximum absolute atomic E-state index is 12.8. The summed E-state index contributed by atoms with van der Waals surface area (Å²) in [4.78, 5) is 17.3. The van der Waals surface area contributed by atoms with Crippen molar-refractivity contribution in [3.05, 3.63) is 35.0 Å². The zero-order chi connectivity index (χ0) is 24.6. The fourth-order valence-corrected chi connectivity index (χ4v) is 5.23. The summed E-state index contributed by atoms with van der Waals surface area (Å²) in [7, 11) is -3.13. The average molecular weight is 487 g/mol. The van der Waals surface area contributed by atoms with E-state index in [4.69, 9.17) is 0 Å². The SMILES string of the molecule is Cc1cc(C(=O)NCC2CS(=O)(=O)CCN2)nc2c(C(C)(C)C)cc(NCC(F)(F)F)cc12. The monoisotopic (exact) mass is 486 g/mol. The number of hydrogen-bond donors (Lipinski definition) is 3. The van der Waals surface area contributed by atoms with Crippen molar-refractivity contribution >= 4 is 32.3 Å². The number of nitrogens with one attached hydrogen (secondary N) is 3. The van der Waals surface area contributed by atoms with E-state index in [0.29, 0.717) is 34.3 Å². The van der Waals surface area contributed by atoms with Crippen LogP contribution in [0.25, 0.3) is 10.9 Å². The van der Waals surface area contributed by atoms with E-state index in [2.05, 4.69) is 20.9 Å². The van der Waals surface area contributed by atoms with Gasteiger partial charge < -0.3 is 16.0 Å². The lowest BCUT2D eigenvalue weighted by molar-refractivity contribution is -0.115. The predicted octanol–water partition coefficient (Wildman–Crippen LogP) is 2.93. The maximum atomic E-state index is 12.8. The summed E-state index contributed by atoms with van der Waals surface area (Å²) in [5.41, 5.74) is 2.01. The molecule has 1 aromatic carbocycles. The summed E-state index contributed by atoms with van der Waals surface area (Å²) >= 11 is 0. The molecule has 182 valence electrons. The smallest absolute Gasteiger partial charge is 0.376 e. The van der Waals surface area contributed by atoms with Crippen LogP contribution >= 0.6 is 0 Å². The predicted molar refractivity (Wildman–Crippen MR) is 123 cm³/mol. The lowest BCUT2D eigenvalue weighted by Gasteiger charge is -2.24. The second-order valence-electron chi connectivity index (χ2n) is 9.44. The molecule has 0 saturated carbocycles. The average Bonchev–Trinajstić information content (AvgIpc) is 2.68. The van der Waals surface area contributed by atoms with Gasteiger partial charge in [-0.3, -0.25) is 4.79 Å². The third kappa shape index (κ3) is 6.57. The number of benzene rings is 1. The van der Waals surface area contributed by atoms with Gasteiger partial charge >= 0.3 is 6.18 Å². The molecule has 3 rings (SSSR count). The zero-order valence-electron chi connectivity index (χ0n) is 19.1. The molecule has 2 heterocycles. The highest BCUT2D eigenvalue weighted by Gasteiger charge is 2.28. The molecule has 1 saturated heterocycles. The quantitative estimate of drug-likeness (QED) is 0.601. The molecular weight excluding hydrogens is 457 g/mol. The highest BCUT2D eigenvalue weighted by atomic mass is 32.2. The van der Waals surface area contributed by atoms with Crippen molar-refractivity contribution in [2.45, 2.75) is 45.3 Å². The van der Waals surface area contributed by atoms with Crippen LogP contribution in [0.15, 0.2) is 18.2 Å². The molecule has 2 aromatic rings. The van der Waals surface area contributed by atoms with Crippen LogP contribution < -0.4 is 16.0 Å². The number of hydrogen-bond acceptors (Lipinski definition) is 6. The molecule has 1 aliphatic heterocycles. The number of sulfone groups is 1. The summed E-state index contributed by atoms with van der Waals surface area (Å²) in [5, 5.41) is 8.90. The number of carbonyl (C=O) groups is 1. The van der Waals surface area contributed by atoms with Gasteiger partial charge in [0.25, 0.3) is 5.91 Å². The van der Waals surface area contributed by atoms with E-state index in [1.165, 1.54) is 0 Å². The van der Waals surface area contributed by atoms with Crippen LogP contribution in [0, 0.1) is 6.92 Å². The van der Waals surface area contributed by atoms with Gasteiger partial charge in [0.05, 0.1) is 17.0 Å². The van der Waals surface area contributed by atoms with E-state index in [1.807, 2.05) is 20.8 Å². The molecule has 1 aromatic heterocycles. The first-order valence-corrected chi connectivity index (χ1v) is 12.5. The van der Waals surface area contributed by atoms with Gasteiger partial charge in [0, 0.05) is 30.2 Å². The van der Waals surface area contributed by atoms with E-state index in [0.717, 1.165) is 0 Å². The van der Waals surface area contributed by atoms with Crippen LogP contribution in [0.2, 0.25) is 0 Å².